The average Bonchev–Trinajstić information content (AvgIpc) is 2.39. The van der Waals surface area contributed by atoms with E-state index in [2.05, 4.69) is 46.8 Å². The van der Waals surface area contributed by atoms with Gasteiger partial charge in [-0.05, 0) is 31.0 Å². The molecule has 0 aliphatic carbocycles. The van der Waals surface area contributed by atoms with Crippen LogP contribution in [0.4, 0.5) is 5.69 Å². The Bertz CT molecular complexity index is 371. The van der Waals surface area contributed by atoms with Crippen molar-refractivity contribution in [2.24, 2.45) is 0 Å². The van der Waals surface area contributed by atoms with Crippen molar-refractivity contribution in [3.05, 3.63) is 28.2 Å². The van der Waals surface area contributed by atoms with Gasteiger partial charge in [-0.1, -0.05) is 28.9 Å². The highest BCUT2D eigenvalue weighted by molar-refractivity contribution is 9.10. The Hall–Kier alpha value is -0.580. The van der Waals surface area contributed by atoms with Gasteiger partial charge in [-0.3, -0.25) is 0 Å². The van der Waals surface area contributed by atoms with E-state index in [0.29, 0.717) is 12.6 Å². The van der Waals surface area contributed by atoms with Gasteiger partial charge < -0.3 is 14.7 Å². The molecule has 1 aromatic rings. The summed E-state index contributed by atoms with van der Waals surface area (Å²) in [6.45, 7) is 6.04. The van der Waals surface area contributed by atoms with Gasteiger partial charge in [-0.25, -0.2) is 0 Å². The van der Waals surface area contributed by atoms with Crippen LogP contribution in [-0.4, -0.2) is 31.4 Å². The lowest BCUT2D eigenvalue weighted by molar-refractivity contribution is 0.203. The molecular weight excluding hydrogens is 294 g/mol. The molecule has 0 spiro atoms. The lowest BCUT2D eigenvalue weighted by Gasteiger charge is -2.31. The molecule has 0 aliphatic rings. The molecule has 0 aliphatic heterocycles. The summed E-state index contributed by atoms with van der Waals surface area (Å²) in [5, 5.41) is 9.18. The molecule has 0 amide bonds. The van der Waals surface area contributed by atoms with Crippen LogP contribution in [0.2, 0.25) is 0 Å². The molecule has 0 radical (unpaired) electrons. The van der Waals surface area contributed by atoms with Crippen LogP contribution in [0.25, 0.3) is 0 Å². The van der Waals surface area contributed by atoms with Gasteiger partial charge in [-0.15, -0.1) is 0 Å². The molecule has 3 nitrogen and oxygen atoms in total. The molecule has 0 bridgehead atoms. The zero-order chi connectivity index (χ0) is 13.5. The third kappa shape index (κ3) is 3.97. The zero-order valence-electron chi connectivity index (χ0n) is 11.3. The van der Waals surface area contributed by atoms with E-state index >= 15 is 0 Å². The lowest BCUT2D eigenvalue weighted by atomic mass is 10.1. The van der Waals surface area contributed by atoms with E-state index in [0.717, 1.165) is 28.7 Å². The average molecular weight is 316 g/mol. The van der Waals surface area contributed by atoms with Gasteiger partial charge in [-0.2, -0.15) is 0 Å². The van der Waals surface area contributed by atoms with Crippen molar-refractivity contribution in [2.75, 3.05) is 25.2 Å². The highest BCUT2D eigenvalue weighted by atomic mass is 79.9. The van der Waals surface area contributed by atoms with Crippen LogP contribution >= 0.6 is 15.9 Å². The second kappa shape index (κ2) is 7.77. The Morgan fingerprint density at radius 2 is 2.17 bits per heavy atom. The number of halogens is 1. The lowest BCUT2D eigenvalue weighted by Crippen LogP contribution is -2.35. The smallest absolute Gasteiger partial charge is 0.0692 e. The molecule has 102 valence electrons. The standard InChI is InChI=1S/C14H22BrNO2/c1-4-11(2)16(7-8-18-3)13-6-5-12(10-17)14(15)9-13/h5-6,9,11,17H,4,7-8,10H2,1-3H3. The predicted octanol–water partition coefficient (Wildman–Crippen LogP) is 3.19. The first-order valence-corrected chi connectivity index (χ1v) is 7.08. The van der Waals surface area contributed by atoms with Crippen LogP contribution in [-0.2, 0) is 11.3 Å². The maximum atomic E-state index is 9.18. The van der Waals surface area contributed by atoms with Crippen molar-refractivity contribution in [3.8, 4) is 0 Å². The number of ether oxygens (including phenoxy) is 1. The minimum Gasteiger partial charge on any atom is -0.392 e. The van der Waals surface area contributed by atoms with E-state index in [9.17, 15) is 5.11 Å². The van der Waals surface area contributed by atoms with Crippen LogP contribution in [0.1, 0.15) is 25.8 Å². The summed E-state index contributed by atoms with van der Waals surface area (Å²) < 4.78 is 6.12. The molecule has 0 saturated heterocycles. The summed E-state index contributed by atoms with van der Waals surface area (Å²) >= 11 is 3.50. The van der Waals surface area contributed by atoms with Crippen molar-refractivity contribution in [3.63, 3.8) is 0 Å². The van der Waals surface area contributed by atoms with Gasteiger partial charge >= 0.3 is 0 Å². The second-order valence-electron chi connectivity index (χ2n) is 4.38. The number of hydrogen-bond donors (Lipinski definition) is 1. The molecule has 1 atom stereocenters. The summed E-state index contributed by atoms with van der Waals surface area (Å²) in [6.07, 6.45) is 1.09. The van der Waals surface area contributed by atoms with Crippen molar-refractivity contribution < 1.29 is 9.84 Å². The largest absolute Gasteiger partial charge is 0.392 e. The Morgan fingerprint density at radius 3 is 2.67 bits per heavy atom. The van der Waals surface area contributed by atoms with E-state index in [4.69, 9.17) is 4.74 Å². The first kappa shape index (κ1) is 15.5. The Morgan fingerprint density at radius 1 is 1.44 bits per heavy atom. The SMILES string of the molecule is CCC(C)N(CCOC)c1ccc(CO)c(Br)c1. The van der Waals surface area contributed by atoms with Crippen LogP contribution in [0, 0.1) is 0 Å². The van der Waals surface area contributed by atoms with E-state index in [1.54, 1.807) is 7.11 Å². The van der Waals surface area contributed by atoms with Gasteiger partial charge in [0.2, 0.25) is 0 Å². The van der Waals surface area contributed by atoms with E-state index in [1.807, 2.05) is 6.07 Å². The summed E-state index contributed by atoms with van der Waals surface area (Å²) in [5.74, 6) is 0. The number of anilines is 1. The molecule has 0 heterocycles. The van der Waals surface area contributed by atoms with Gasteiger partial charge in [0.1, 0.15) is 0 Å². The van der Waals surface area contributed by atoms with Gasteiger partial charge in [0, 0.05) is 29.9 Å². The second-order valence-corrected chi connectivity index (χ2v) is 5.23. The molecule has 4 heteroatoms. The summed E-state index contributed by atoms with van der Waals surface area (Å²) in [6, 6.07) is 6.54. The van der Waals surface area contributed by atoms with E-state index < -0.39 is 0 Å². The molecule has 1 N–H and O–H groups in total. The zero-order valence-corrected chi connectivity index (χ0v) is 12.9. The van der Waals surface area contributed by atoms with Crippen molar-refractivity contribution in [2.45, 2.75) is 32.9 Å². The molecule has 1 unspecified atom stereocenters. The quantitative estimate of drug-likeness (QED) is 0.838. The van der Waals surface area contributed by atoms with Crippen LogP contribution in [0.15, 0.2) is 22.7 Å². The number of aliphatic hydroxyl groups excluding tert-OH is 1. The molecule has 0 aromatic heterocycles. The van der Waals surface area contributed by atoms with Gasteiger partial charge in [0.15, 0.2) is 0 Å². The molecule has 1 aromatic carbocycles. The van der Waals surface area contributed by atoms with Crippen molar-refractivity contribution in [1.82, 2.24) is 0 Å². The first-order valence-electron chi connectivity index (χ1n) is 6.28. The highest BCUT2D eigenvalue weighted by Crippen LogP contribution is 2.26. The Labute approximate surface area is 118 Å². The Balaban J connectivity index is 2.93. The Kier molecular flexibility index (Phi) is 6.68. The minimum atomic E-state index is 0.0578. The van der Waals surface area contributed by atoms with Crippen molar-refractivity contribution in [1.29, 1.82) is 0 Å². The fourth-order valence-electron chi connectivity index (χ4n) is 1.86. The maximum absolute atomic E-state index is 9.18. The maximum Gasteiger partial charge on any atom is 0.0692 e. The monoisotopic (exact) mass is 315 g/mol. The molecule has 1 rings (SSSR count). The van der Waals surface area contributed by atoms with E-state index in [1.165, 1.54) is 0 Å². The fraction of sp³-hybridized carbons (Fsp3) is 0.571. The fourth-order valence-corrected chi connectivity index (χ4v) is 2.35. The number of hydrogen-bond acceptors (Lipinski definition) is 3. The highest BCUT2D eigenvalue weighted by Gasteiger charge is 2.13. The number of nitrogens with zero attached hydrogens (tertiary/aromatic N) is 1. The summed E-state index contributed by atoms with van der Waals surface area (Å²) in [7, 11) is 1.72. The molecular formula is C14H22BrNO2. The van der Waals surface area contributed by atoms with Gasteiger partial charge in [0.25, 0.3) is 0 Å². The number of rotatable bonds is 7. The number of benzene rings is 1. The number of methoxy groups -OCH3 is 1. The summed E-state index contributed by atoms with van der Waals surface area (Å²) in [5.41, 5.74) is 2.07. The van der Waals surface area contributed by atoms with Gasteiger partial charge in [0.05, 0.1) is 13.2 Å². The molecule has 0 fully saturated rings. The summed E-state index contributed by atoms with van der Waals surface area (Å²) in [4.78, 5) is 2.33. The van der Waals surface area contributed by atoms with Crippen LogP contribution in [0.3, 0.4) is 0 Å². The predicted molar refractivity (Wildman–Crippen MR) is 79.0 cm³/mol. The number of aliphatic hydroxyl groups is 1. The topological polar surface area (TPSA) is 32.7 Å². The van der Waals surface area contributed by atoms with Crippen LogP contribution < -0.4 is 4.90 Å². The minimum absolute atomic E-state index is 0.0578. The normalized spacial score (nSPS) is 12.5. The molecule has 0 saturated carbocycles. The van der Waals surface area contributed by atoms with Crippen LogP contribution in [0.5, 0.6) is 0 Å². The molecule has 18 heavy (non-hydrogen) atoms. The third-order valence-electron chi connectivity index (χ3n) is 3.20. The first-order chi connectivity index (χ1) is 8.63. The third-order valence-corrected chi connectivity index (χ3v) is 3.94. The van der Waals surface area contributed by atoms with Crippen molar-refractivity contribution >= 4 is 21.6 Å². The van der Waals surface area contributed by atoms with E-state index in [-0.39, 0.29) is 6.61 Å².